The summed E-state index contributed by atoms with van der Waals surface area (Å²) in [6, 6.07) is 0. The fourth-order valence-corrected chi connectivity index (χ4v) is 2.66. The van der Waals surface area contributed by atoms with Gasteiger partial charge in [0, 0.05) is 15.3 Å². The molecule has 0 bridgehead atoms. The van der Waals surface area contributed by atoms with Gasteiger partial charge in [-0.15, -0.1) is 11.3 Å². The van der Waals surface area contributed by atoms with Crippen molar-refractivity contribution >= 4 is 22.9 Å². The van der Waals surface area contributed by atoms with Crippen LogP contribution in [0.25, 0.3) is 0 Å². The van der Waals surface area contributed by atoms with Gasteiger partial charge >= 0.3 is 0 Å². The first kappa shape index (κ1) is 9.04. The molecular weight excluding hydrogens is 180 g/mol. The second-order valence-corrected chi connectivity index (χ2v) is 4.42. The summed E-state index contributed by atoms with van der Waals surface area (Å²) in [6.45, 7) is 5.68. The second-order valence-electron chi connectivity index (χ2n) is 2.62. The van der Waals surface area contributed by atoms with E-state index in [-0.39, 0.29) is 0 Å². The van der Waals surface area contributed by atoms with Crippen molar-refractivity contribution < 1.29 is 5.11 Å². The van der Waals surface area contributed by atoms with Crippen molar-refractivity contribution in [3.8, 4) is 0 Å². The van der Waals surface area contributed by atoms with E-state index in [1.807, 2.05) is 13.8 Å². The molecule has 1 unspecified atom stereocenters. The normalized spacial score (nSPS) is 13.5. The van der Waals surface area contributed by atoms with E-state index in [0.29, 0.717) is 0 Å². The van der Waals surface area contributed by atoms with Crippen LogP contribution in [0.3, 0.4) is 0 Å². The molecule has 0 spiro atoms. The van der Waals surface area contributed by atoms with Crippen LogP contribution < -0.4 is 0 Å². The molecule has 0 amide bonds. The maximum absolute atomic E-state index is 9.32. The first-order valence-electron chi connectivity index (χ1n) is 3.47. The molecule has 1 nitrogen and oxygen atoms in total. The minimum atomic E-state index is -0.451. The largest absolute Gasteiger partial charge is 0.389 e. The predicted molar refractivity (Wildman–Crippen MR) is 49.4 cm³/mol. The number of aryl methyl sites for hydroxylation is 2. The topological polar surface area (TPSA) is 20.2 Å². The van der Waals surface area contributed by atoms with Gasteiger partial charge in [-0.05, 0) is 20.8 Å². The van der Waals surface area contributed by atoms with E-state index in [4.69, 9.17) is 11.6 Å². The van der Waals surface area contributed by atoms with Crippen LogP contribution in [-0.2, 0) is 0 Å². The molecule has 3 heteroatoms. The summed E-state index contributed by atoms with van der Waals surface area (Å²) in [5.41, 5.74) is 0.883. The summed E-state index contributed by atoms with van der Waals surface area (Å²) in [7, 11) is 0. The van der Waals surface area contributed by atoms with Gasteiger partial charge in [0.25, 0.3) is 0 Å². The van der Waals surface area contributed by atoms with Crippen molar-refractivity contribution in [3.05, 3.63) is 20.3 Å². The second kappa shape index (κ2) is 3.13. The molecular formula is C8H11ClOS. The van der Waals surface area contributed by atoms with Crippen LogP contribution in [0.15, 0.2) is 0 Å². The molecule has 0 saturated heterocycles. The van der Waals surface area contributed by atoms with Crippen molar-refractivity contribution in [3.63, 3.8) is 0 Å². The van der Waals surface area contributed by atoms with Crippen LogP contribution in [0.2, 0.25) is 5.02 Å². The lowest BCUT2D eigenvalue weighted by Crippen LogP contribution is -1.90. The van der Waals surface area contributed by atoms with Crippen LogP contribution in [0.4, 0.5) is 0 Å². The van der Waals surface area contributed by atoms with Crippen molar-refractivity contribution in [2.75, 3.05) is 0 Å². The monoisotopic (exact) mass is 190 g/mol. The van der Waals surface area contributed by atoms with E-state index in [9.17, 15) is 5.11 Å². The molecule has 0 aliphatic heterocycles. The van der Waals surface area contributed by atoms with E-state index >= 15 is 0 Å². The van der Waals surface area contributed by atoms with E-state index in [2.05, 4.69) is 0 Å². The standard InChI is InChI=1S/C8H11ClOS/c1-4(10)7-5(2)11-6(3)8(7)9/h4,10H,1-3H3. The zero-order valence-corrected chi connectivity index (χ0v) is 8.38. The van der Waals surface area contributed by atoms with E-state index in [0.717, 1.165) is 20.3 Å². The number of aliphatic hydroxyl groups is 1. The molecule has 0 fully saturated rings. The Morgan fingerprint density at radius 2 is 1.91 bits per heavy atom. The molecule has 1 heterocycles. The molecule has 1 aromatic heterocycles. The van der Waals surface area contributed by atoms with Crippen molar-refractivity contribution in [2.24, 2.45) is 0 Å². The van der Waals surface area contributed by atoms with Gasteiger partial charge < -0.3 is 5.11 Å². The van der Waals surface area contributed by atoms with Crippen molar-refractivity contribution in [2.45, 2.75) is 26.9 Å². The number of hydrogen-bond acceptors (Lipinski definition) is 2. The third kappa shape index (κ3) is 1.58. The first-order chi connectivity index (χ1) is 5.04. The third-order valence-electron chi connectivity index (χ3n) is 1.65. The Morgan fingerprint density at radius 3 is 2.09 bits per heavy atom. The number of aliphatic hydroxyl groups excluding tert-OH is 1. The zero-order valence-electron chi connectivity index (χ0n) is 6.81. The van der Waals surface area contributed by atoms with Gasteiger partial charge in [0.05, 0.1) is 11.1 Å². The fourth-order valence-electron chi connectivity index (χ4n) is 1.15. The Balaban J connectivity index is 3.22. The van der Waals surface area contributed by atoms with E-state index in [1.165, 1.54) is 0 Å². The van der Waals surface area contributed by atoms with Crippen LogP contribution in [0.5, 0.6) is 0 Å². The Morgan fingerprint density at radius 1 is 1.36 bits per heavy atom. The molecule has 0 aromatic carbocycles. The maximum atomic E-state index is 9.32. The van der Waals surface area contributed by atoms with Gasteiger partial charge in [0.1, 0.15) is 0 Å². The van der Waals surface area contributed by atoms with Crippen LogP contribution >= 0.6 is 22.9 Å². The summed E-state index contributed by atoms with van der Waals surface area (Å²) < 4.78 is 0. The first-order valence-corrected chi connectivity index (χ1v) is 4.67. The summed E-state index contributed by atoms with van der Waals surface area (Å²) in [5, 5.41) is 10.0. The Hall–Kier alpha value is -0.0500. The molecule has 11 heavy (non-hydrogen) atoms. The molecule has 1 rings (SSSR count). The smallest absolute Gasteiger partial charge is 0.0787 e. The molecule has 0 radical (unpaired) electrons. The molecule has 1 aromatic rings. The highest BCUT2D eigenvalue weighted by atomic mass is 35.5. The van der Waals surface area contributed by atoms with Crippen LogP contribution in [0, 0.1) is 13.8 Å². The number of rotatable bonds is 1. The highest BCUT2D eigenvalue weighted by Crippen LogP contribution is 2.35. The van der Waals surface area contributed by atoms with Crippen molar-refractivity contribution in [1.82, 2.24) is 0 Å². The zero-order chi connectivity index (χ0) is 8.59. The lowest BCUT2D eigenvalue weighted by molar-refractivity contribution is 0.199. The highest BCUT2D eigenvalue weighted by molar-refractivity contribution is 7.12. The Bertz CT molecular complexity index is 265. The fraction of sp³-hybridized carbons (Fsp3) is 0.500. The number of halogens is 1. The molecule has 1 atom stereocenters. The van der Waals surface area contributed by atoms with Crippen LogP contribution in [0.1, 0.15) is 28.3 Å². The number of thiophene rings is 1. The Labute approximate surface area is 75.6 Å². The average Bonchev–Trinajstić information content (AvgIpc) is 2.07. The minimum Gasteiger partial charge on any atom is -0.389 e. The van der Waals surface area contributed by atoms with E-state index < -0.39 is 6.10 Å². The van der Waals surface area contributed by atoms with Crippen LogP contribution in [-0.4, -0.2) is 5.11 Å². The summed E-state index contributed by atoms with van der Waals surface area (Å²) in [4.78, 5) is 2.20. The van der Waals surface area contributed by atoms with E-state index in [1.54, 1.807) is 18.3 Å². The molecule has 1 N–H and O–H groups in total. The lowest BCUT2D eigenvalue weighted by Gasteiger charge is -2.03. The SMILES string of the molecule is Cc1sc(C)c(C(C)O)c1Cl. The van der Waals surface area contributed by atoms with Gasteiger partial charge in [-0.2, -0.15) is 0 Å². The third-order valence-corrected chi connectivity index (χ3v) is 3.28. The Kier molecular flexibility index (Phi) is 2.58. The molecule has 0 saturated carbocycles. The summed E-state index contributed by atoms with van der Waals surface area (Å²) in [6.07, 6.45) is -0.451. The van der Waals surface area contributed by atoms with Gasteiger partial charge in [0.2, 0.25) is 0 Å². The summed E-state index contributed by atoms with van der Waals surface area (Å²) in [5.74, 6) is 0. The van der Waals surface area contributed by atoms with Gasteiger partial charge in [-0.25, -0.2) is 0 Å². The molecule has 0 aliphatic carbocycles. The predicted octanol–water partition coefficient (Wildman–Crippen LogP) is 3.07. The molecule has 0 aliphatic rings. The highest BCUT2D eigenvalue weighted by Gasteiger charge is 2.14. The molecule has 62 valence electrons. The maximum Gasteiger partial charge on any atom is 0.0787 e. The quantitative estimate of drug-likeness (QED) is 0.722. The minimum absolute atomic E-state index is 0.451. The van der Waals surface area contributed by atoms with Gasteiger partial charge in [-0.1, -0.05) is 11.6 Å². The van der Waals surface area contributed by atoms with Gasteiger partial charge in [0.15, 0.2) is 0 Å². The van der Waals surface area contributed by atoms with Gasteiger partial charge in [-0.3, -0.25) is 0 Å². The number of hydrogen-bond donors (Lipinski definition) is 1. The average molecular weight is 191 g/mol. The summed E-state index contributed by atoms with van der Waals surface area (Å²) >= 11 is 7.59. The lowest BCUT2D eigenvalue weighted by atomic mass is 10.1. The van der Waals surface area contributed by atoms with Crippen molar-refractivity contribution in [1.29, 1.82) is 0 Å².